The second-order valence-corrected chi connectivity index (χ2v) is 16.8. The van der Waals surface area contributed by atoms with Crippen molar-refractivity contribution in [3.8, 4) is 0 Å². The molecule has 0 atom stereocenters. The molecule has 6 nitrogen and oxygen atoms in total. The van der Waals surface area contributed by atoms with Crippen LogP contribution in [0.5, 0.6) is 0 Å². The molecular weight excluding hydrogens is 709 g/mol. The van der Waals surface area contributed by atoms with Crippen molar-refractivity contribution in [3.05, 3.63) is 34.9 Å². The fourth-order valence-corrected chi connectivity index (χ4v) is 7.58. The van der Waals surface area contributed by atoms with Crippen molar-refractivity contribution in [2.24, 2.45) is 0 Å². The van der Waals surface area contributed by atoms with E-state index in [4.69, 9.17) is 14.2 Å². The van der Waals surface area contributed by atoms with Gasteiger partial charge in [-0.2, -0.15) is 0 Å². The largest absolute Gasteiger partial charge is 0.462 e. The SMILES string of the molecule is CCCCCCCCCCCCCCOC(=O)c1ccc(C(=O)OCCCCCCCCCCCCCC)c(C(=O)OCCCCCCCCCCCCCC)c1. The molecule has 0 aliphatic rings. The van der Waals surface area contributed by atoms with Crippen molar-refractivity contribution in [3.63, 3.8) is 0 Å². The predicted octanol–water partition coefficient (Wildman–Crippen LogP) is 16.3. The Hall–Kier alpha value is -2.37. The third-order valence-electron chi connectivity index (χ3n) is 11.4. The Bertz CT molecular complexity index is 1080. The lowest BCUT2D eigenvalue weighted by Crippen LogP contribution is -2.17. The molecule has 330 valence electrons. The summed E-state index contributed by atoms with van der Waals surface area (Å²) in [6.07, 6.45) is 44.5. The molecule has 1 aromatic rings. The molecule has 0 aromatic heterocycles. The molecule has 57 heavy (non-hydrogen) atoms. The Balaban J connectivity index is 2.51. The summed E-state index contributed by atoms with van der Waals surface area (Å²) in [6, 6.07) is 4.54. The van der Waals surface area contributed by atoms with E-state index < -0.39 is 17.9 Å². The summed E-state index contributed by atoms with van der Waals surface area (Å²) in [7, 11) is 0. The van der Waals surface area contributed by atoms with Crippen LogP contribution in [0.15, 0.2) is 18.2 Å². The van der Waals surface area contributed by atoms with Gasteiger partial charge in [0.1, 0.15) is 0 Å². The van der Waals surface area contributed by atoms with E-state index in [2.05, 4.69) is 20.8 Å². The van der Waals surface area contributed by atoms with E-state index in [9.17, 15) is 14.4 Å². The van der Waals surface area contributed by atoms with Gasteiger partial charge in [0.05, 0.1) is 36.5 Å². The van der Waals surface area contributed by atoms with Crippen molar-refractivity contribution in [2.75, 3.05) is 19.8 Å². The molecular formula is C51H90O6. The molecule has 0 fully saturated rings. The lowest BCUT2D eigenvalue weighted by molar-refractivity contribution is 0.0447. The fourth-order valence-electron chi connectivity index (χ4n) is 7.58. The molecule has 1 aromatic carbocycles. The Labute approximate surface area is 352 Å². The lowest BCUT2D eigenvalue weighted by Gasteiger charge is -2.12. The van der Waals surface area contributed by atoms with E-state index in [1.54, 1.807) is 6.07 Å². The van der Waals surface area contributed by atoms with E-state index in [0.717, 1.165) is 57.8 Å². The van der Waals surface area contributed by atoms with Gasteiger partial charge in [-0.3, -0.25) is 0 Å². The van der Waals surface area contributed by atoms with Gasteiger partial charge in [0.15, 0.2) is 0 Å². The summed E-state index contributed by atoms with van der Waals surface area (Å²) in [5.74, 6) is -1.62. The number of hydrogen-bond donors (Lipinski definition) is 0. The monoisotopic (exact) mass is 799 g/mol. The first-order valence-electron chi connectivity index (χ1n) is 24.7. The van der Waals surface area contributed by atoms with Gasteiger partial charge >= 0.3 is 17.9 Å². The molecule has 0 unspecified atom stereocenters. The molecule has 0 radical (unpaired) electrons. The molecule has 0 amide bonds. The van der Waals surface area contributed by atoms with Gasteiger partial charge in [0, 0.05) is 0 Å². The van der Waals surface area contributed by atoms with E-state index in [0.29, 0.717) is 13.2 Å². The van der Waals surface area contributed by atoms with Crippen LogP contribution in [0.1, 0.15) is 283 Å². The van der Waals surface area contributed by atoms with Gasteiger partial charge in [-0.1, -0.05) is 233 Å². The Morgan fingerprint density at radius 3 is 0.860 bits per heavy atom. The highest BCUT2D eigenvalue weighted by atomic mass is 16.5. The number of rotatable bonds is 42. The smallest absolute Gasteiger partial charge is 0.339 e. The number of carbonyl (C=O) groups is 3. The Morgan fingerprint density at radius 2 is 0.561 bits per heavy atom. The summed E-state index contributed by atoms with van der Waals surface area (Å²) in [4.78, 5) is 39.5. The van der Waals surface area contributed by atoms with Crippen LogP contribution in [0.2, 0.25) is 0 Å². The first-order valence-corrected chi connectivity index (χ1v) is 24.7. The minimum absolute atomic E-state index is 0.0773. The van der Waals surface area contributed by atoms with Crippen LogP contribution >= 0.6 is 0 Å². The minimum atomic E-state index is -0.592. The number of ether oxygens (including phenoxy) is 3. The van der Waals surface area contributed by atoms with Crippen LogP contribution in [-0.2, 0) is 14.2 Å². The highest BCUT2D eigenvalue weighted by Crippen LogP contribution is 2.19. The average Bonchev–Trinajstić information content (AvgIpc) is 3.22. The predicted molar refractivity (Wildman–Crippen MR) is 241 cm³/mol. The van der Waals surface area contributed by atoms with E-state index in [-0.39, 0.29) is 23.3 Å². The molecule has 0 bridgehead atoms. The maximum absolute atomic E-state index is 13.3. The fraction of sp³-hybridized carbons (Fsp3) is 0.824. The third-order valence-corrected chi connectivity index (χ3v) is 11.4. The molecule has 0 heterocycles. The first kappa shape index (κ1) is 52.6. The molecule has 0 aliphatic carbocycles. The molecule has 0 spiro atoms. The van der Waals surface area contributed by atoms with Gasteiger partial charge < -0.3 is 14.2 Å². The van der Waals surface area contributed by atoms with Crippen LogP contribution in [0.25, 0.3) is 0 Å². The number of benzene rings is 1. The number of hydrogen-bond acceptors (Lipinski definition) is 6. The van der Waals surface area contributed by atoms with Crippen molar-refractivity contribution in [1.82, 2.24) is 0 Å². The van der Waals surface area contributed by atoms with Gasteiger partial charge in [0.25, 0.3) is 0 Å². The van der Waals surface area contributed by atoms with E-state index in [1.807, 2.05) is 0 Å². The minimum Gasteiger partial charge on any atom is -0.462 e. The Kier molecular flexibility index (Phi) is 37.3. The Morgan fingerprint density at radius 1 is 0.316 bits per heavy atom. The van der Waals surface area contributed by atoms with Crippen molar-refractivity contribution in [1.29, 1.82) is 0 Å². The normalized spacial score (nSPS) is 11.2. The molecule has 1 rings (SSSR count). The zero-order valence-electron chi connectivity index (χ0n) is 37.8. The van der Waals surface area contributed by atoms with Crippen LogP contribution < -0.4 is 0 Å². The van der Waals surface area contributed by atoms with Crippen molar-refractivity contribution < 1.29 is 28.6 Å². The standard InChI is InChI=1S/C51H90O6/c1-4-7-10-13-16-19-22-25-28-31-34-37-42-55-49(52)46-40-41-47(50(53)56-43-38-35-32-29-26-23-20-17-14-11-8-5-2)48(45-46)51(54)57-44-39-36-33-30-27-24-21-18-15-12-9-6-3/h40-41,45H,4-39,42-44H2,1-3H3. The van der Waals surface area contributed by atoms with E-state index >= 15 is 0 Å². The zero-order chi connectivity index (χ0) is 41.3. The third kappa shape index (κ3) is 31.3. The summed E-state index contributed by atoms with van der Waals surface area (Å²) in [5.41, 5.74) is 0.475. The maximum atomic E-state index is 13.3. The second-order valence-electron chi connectivity index (χ2n) is 16.8. The summed E-state index contributed by atoms with van der Waals surface area (Å²) in [6.45, 7) is 7.72. The summed E-state index contributed by atoms with van der Waals surface area (Å²) in [5, 5.41) is 0. The van der Waals surface area contributed by atoms with Crippen LogP contribution in [0.4, 0.5) is 0 Å². The van der Waals surface area contributed by atoms with Gasteiger partial charge in [-0.15, -0.1) is 0 Å². The van der Waals surface area contributed by atoms with Crippen LogP contribution in [-0.4, -0.2) is 37.7 Å². The second kappa shape index (κ2) is 40.4. The lowest BCUT2D eigenvalue weighted by atomic mass is 10.0. The van der Waals surface area contributed by atoms with Gasteiger partial charge in [0.2, 0.25) is 0 Å². The van der Waals surface area contributed by atoms with Gasteiger partial charge in [-0.05, 0) is 37.5 Å². The number of unbranched alkanes of at least 4 members (excludes halogenated alkanes) is 33. The topological polar surface area (TPSA) is 78.9 Å². The molecule has 0 saturated heterocycles. The highest BCUT2D eigenvalue weighted by Gasteiger charge is 2.22. The zero-order valence-corrected chi connectivity index (χ0v) is 37.8. The molecule has 0 saturated carbocycles. The summed E-state index contributed by atoms with van der Waals surface area (Å²) < 4.78 is 16.9. The van der Waals surface area contributed by atoms with E-state index in [1.165, 1.54) is 185 Å². The van der Waals surface area contributed by atoms with Gasteiger partial charge in [-0.25, -0.2) is 14.4 Å². The summed E-state index contributed by atoms with van der Waals surface area (Å²) >= 11 is 0. The van der Waals surface area contributed by atoms with Crippen LogP contribution in [0.3, 0.4) is 0 Å². The maximum Gasteiger partial charge on any atom is 0.339 e. The molecule has 0 aliphatic heterocycles. The van der Waals surface area contributed by atoms with Crippen molar-refractivity contribution >= 4 is 17.9 Å². The molecule has 6 heteroatoms. The average molecular weight is 799 g/mol. The first-order chi connectivity index (χ1) is 28.0. The number of esters is 3. The van der Waals surface area contributed by atoms with Crippen molar-refractivity contribution in [2.45, 2.75) is 252 Å². The quantitative estimate of drug-likeness (QED) is 0.0372. The van der Waals surface area contributed by atoms with Crippen LogP contribution in [0, 0.1) is 0 Å². The highest BCUT2D eigenvalue weighted by molar-refractivity contribution is 6.05. The number of carbonyl (C=O) groups excluding carboxylic acids is 3. The molecule has 0 N–H and O–H groups in total.